The Morgan fingerprint density at radius 1 is 0.938 bits per heavy atom. The van der Waals surface area contributed by atoms with Crippen LogP contribution in [0.1, 0.15) is 111 Å². The third kappa shape index (κ3) is 5.15. The van der Waals surface area contributed by atoms with Gasteiger partial charge in [-0.05, 0) is 127 Å². The minimum absolute atomic E-state index is 0.0362. The Morgan fingerprint density at radius 2 is 1.67 bits per heavy atom. The maximum absolute atomic E-state index is 13.8. The Kier molecular flexibility index (Phi) is 8.70. The minimum atomic E-state index is -0.553. The molecule has 264 valence electrons. The van der Waals surface area contributed by atoms with Gasteiger partial charge in [-0.1, -0.05) is 59.3 Å². The lowest BCUT2D eigenvalue weighted by Gasteiger charge is -2.71. The third-order valence-corrected chi connectivity index (χ3v) is 15.0. The van der Waals surface area contributed by atoms with Gasteiger partial charge in [0.05, 0.1) is 25.7 Å². The Labute approximate surface area is 287 Å². The number of phenols is 1. The average molecular weight is 663 g/mol. The lowest BCUT2D eigenvalue weighted by molar-refractivity contribution is -0.217. The van der Waals surface area contributed by atoms with E-state index in [1.807, 2.05) is 0 Å². The van der Waals surface area contributed by atoms with Gasteiger partial charge in [0.25, 0.3) is 0 Å². The van der Waals surface area contributed by atoms with Crippen molar-refractivity contribution in [3.05, 3.63) is 41.5 Å². The van der Waals surface area contributed by atoms with Crippen molar-refractivity contribution in [2.75, 3.05) is 20.8 Å². The molecule has 1 aromatic carbocycles. The van der Waals surface area contributed by atoms with Crippen LogP contribution in [-0.2, 0) is 19.1 Å². The smallest absolute Gasteiger partial charge is 0.330 e. The van der Waals surface area contributed by atoms with Gasteiger partial charge in [-0.2, -0.15) is 0 Å². The molecule has 7 nitrogen and oxygen atoms in total. The molecule has 0 amide bonds. The number of methoxy groups -OCH3 is 2. The first-order valence-corrected chi connectivity index (χ1v) is 18.2. The predicted octanol–water partition coefficient (Wildman–Crippen LogP) is 8.27. The van der Waals surface area contributed by atoms with E-state index in [1.54, 1.807) is 24.3 Å². The summed E-state index contributed by atoms with van der Waals surface area (Å²) in [5.74, 6) is 0.688. The van der Waals surface area contributed by atoms with Crippen LogP contribution in [0, 0.1) is 50.2 Å². The number of ether oxygens (including phenoxy) is 3. The normalized spacial score (nSPS) is 39.6. The number of carbonyl (C=O) groups excluding carboxylic acids is 2. The van der Waals surface area contributed by atoms with Gasteiger partial charge >= 0.3 is 11.9 Å². The summed E-state index contributed by atoms with van der Waals surface area (Å²) in [4.78, 5) is 27.3. The van der Waals surface area contributed by atoms with E-state index in [0.717, 1.165) is 69.8 Å². The summed E-state index contributed by atoms with van der Waals surface area (Å²) in [7, 11) is 3.03. The van der Waals surface area contributed by atoms with Crippen molar-refractivity contribution in [3.63, 3.8) is 0 Å². The summed E-state index contributed by atoms with van der Waals surface area (Å²) < 4.78 is 17.1. The number of aromatic hydroxyl groups is 1. The number of aliphatic hydroxyl groups is 1. The van der Waals surface area contributed by atoms with Gasteiger partial charge in [0, 0.05) is 11.5 Å². The zero-order valence-electron chi connectivity index (χ0n) is 30.5. The van der Waals surface area contributed by atoms with Crippen LogP contribution >= 0.6 is 0 Å². The predicted molar refractivity (Wildman–Crippen MR) is 186 cm³/mol. The van der Waals surface area contributed by atoms with Crippen molar-refractivity contribution < 1.29 is 34.0 Å². The van der Waals surface area contributed by atoms with Crippen LogP contribution in [0.2, 0.25) is 0 Å². The van der Waals surface area contributed by atoms with Gasteiger partial charge < -0.3 is 24.4 Å². The van der Waals surface area contributed by atoms with E-state index in [9.17, 15) is 19.8 Å². The Hall–Kier alpha value is -2.80. The van der Waals surface area contributed by atoms with E-state index in [-0.39, 0.29) is 52.0 Å². The Balaban J connectivity index is 1.40. The van der Waals surface area contributed by atoms with E-state index >= 15 is 0 Å². The zero-order valence-corrected chi connectivity index (χ0v) is 30.5. The molecule has 4 fully saturated rings. The number of rotatable bonds is 6. The average Bonchev–Trinajstić information content (AvgIpc) is 3.04. The molecule has 5 aliphatic rings. The second-order valence-corrected chi connectivity index (χ2v) is 17.9. The first-order valence-electron chi connectivity index (χ1n) is 18.2. The number of esters is 2. The number of aliphatic hydroxyl groups excluding tert-OH is 1. The van der Waals surface area contributed by atoms with E-state index < -0.39 is 16.8 Å². The molecular formula is C41H58O7. The Bertz CT molecular complexity index is 1510. The van der Waals surface area contributed by atoms with Gasteiger partial charge in [0.2, 0.25) is 0 Å². The molecule has 6 rings (SSSR count). The van der Waals surface area contributed by atoms with Gasteiger partial charge in [-0.25, -0.2) is 4.79 Å². The monoisotopic (exact) mass is 662 g/mol. The molecule has 8 unspecified atom stereocenters. The molecule has 2 N–H and O–H groups in total. The molecule has 0 bridgehead atoms. The van der Waals surface area contributed by atoms with Crippen LogP contribution in [0.25, 0.3) is 6.08 Å². The number of allylic oxidation sites excluding steroid dienone is 1. The van der Waals surface area contributed by atoms with Gasteiger partial charge in [0.15, 0.2) is 11.5 Å². The van der Waals surface area contributed by atoms with Crippen LogP contribution in [-0.4, -0.2) is 49.1 Å². The molecule has 48 heavy (non-hydrogen) atoms. The molecule has 7 heteroatoms. The van der Waals surface area contributed by atoms with Gasteiger partial charge in [-0.3, -0.25) is 4.79 Å². The maximum atomic E-state index is 13.8. The lowest BCUT2D eigenvalue weighted by atomic mass is 9.33. The number of hydrogen-bond acceptors (Lipinski definition) is 7. The highest BCUT2D eigenvalue weighted by Gasteiger charge is 2.71. The third-order valence-electron chi connectivity index (χ3n) is 15.0. The fourth-order valence-electron chi connectivity index (χ4n) is 12.1. The summed E-state index contributed by atoms with van der Waals surface area (Å²) in [6.07, 6.45) is 14.3. The molecule has 0 saturated heterocycles. The quantitative estimate of drug-likeness (QED) is 0.180. The molecule has 0 spiro atoms. The van der Waals surface area contributed by atoms with Crippen LogP contribution in [0.3, 0.4) is 0 Å². The molecule has 8 atom stereocenters. The highest BCUT2D eigenvalue weighted by Crippen LogP contribution is 2.76. The zero-order chi connectivity index (χ0) is 34.9. The van der Waals surface area contributed by atoms with E-state index in [4.69, 9.17) is 14.2 Å². The number of carbonyl (C=O) groups is 2. The number of hydrogen-bond donors (Lipinski definition) is 2. The standard InChI is InChI=1S/C41H58O7/c1-36(2)19-20-40(35(45)47-8)21-22-41(25-48-34(44)14-10-26-9-12-29(42)30(23-26)46-7)27(28(40)24-36)11-13-32-38(5)17-16-33(43)37(3,4)31(38)15-18-39(32,41)6/h9-12,14,23,28,31-33,42-43H,13,15-22,24-25H2,1-8H3. The highest BCUT2D eigenvalue weighted by atomic mass is 16.5. The van der Waals surface area contributed by atoms with Crippen LogP contribution < -0.4 is 4.74 Å². The summed E-state index contributed by atoms with van der Waals surface area (Å²) >= 11 is 0. The second-order valence-electron chi connectivity index (χ2n) is 17.9. The Morgan fingerprint density at radius 3 is 2.38 bits per heavy atom. The van der Waals surface area contributed by atoms with Crippen molar-refractivity contribution >= 4 is 18.0 Å². The van der Waals surface area contributed by atoms with Crippen molar-refractivity contribution in [1.29, 1.82) is 0 Å². The number of phenolic OH excluding ortho intramolecular Hbond substituents is 1. The van der Waals surface area contributed by atoms with Crippen molar-refractivity contribution in [2.45, 2.75) is 112 Å². The van der Waals surface area contributed by atoms with E-state index in [1.165, 1.54) is 25.9 Å². The lowest BCUT2D eigenvalue weighted by Crippen LogP contribution is -2.66. The first-order chi connectivity index (χ1) is 22.5. The molecule has 0 aliphatic heterocycles. The van der Waals surface area contributed by atoms with Crippen LogP contribution in [0.4, 0.5) is 0 Å². The summed E-state index contributed by atoms with van der Waals surface area (Å²) in [6.45, 7) is 14.4. The second kappa shape index (κ2) is 11.9. The summed E-state index contributed by atoms with van der Waals surface area (Å²) in [5.41, 5.74) is 0.884. The molecule has 1 aromatic rings. The molecule has 0 heterocycles. The van der Waals surface area contributed by atoms with E-state index in [0.29, 0.717) is 17.6 Å². The fraction of sp³-hybridized carbons (Fsp3) is 0.707. The number of benzene rings is 1. The van der Waals surface area contributed by atoms with E-state index in [2.05, 4.69) is 47.6 Å². The SMILES string of the molecule is COC(=O)C12CCC(C)(C)CC1C1=CCC3C4(C)CCC(O)C(C)(C)C4CCC3(C)C1(COC(=O)C=Cc1ccc(O)c(OC)c1)CC2. The van der Waals surface area contributed by atoms with Crippen molar-refractivity contribution in [3.8, 4) is 11.5 Å². The van der Waals surface area contributed by atoms with Crippen LogP contribution in [0.15, 0.2) is 35.9 Å². The molecular weight excluding hydrogens is 604 g/mol. The van der Waals surface area contributed by atoms with Gasteiger partial charge in [-0.15, -0.1) is 0 Å². The topological polar surface area (TPSA) is 102 Å². The van der Waals surface area contributed by atoms with Gasteiger partial charge in [0.1, 0.15) is 6.61 Å². The van der Waals surface area contributed by atoms with Crippen molar-refractivity contribution in [2.24, 2.45) is 50.2 Å². The molecule has 0 radical (unpaired) electrons. The summed E-state index contributed by atoms with van der Waals surface area (Å²) in [6, 6.07) is 4.96. The maximum Gasteiger partial charge on any atom is 0.330 e. The number of fused-ring (bicyclic) bond motifs is 7. The molecule has 0 aromatic heterocycles. The van der Waals surface area contributed by atoms with Crippen molar-refractivity contribution in [1.82, 2.24) is 0 Å². The largest absolute Gasteiger partial charge is 0.504 e. The first kappa shape index (κ1) is 35.0. The minimum Gasteiger partial charge on any atom is -0.504 e. The highest BCUT2D eigenvalue weighted by molar-refractivity contribution is 5.87. The molecule has 4 saturated carbocycles. The summed E-state index contributed by atoms with van der Waals surface area (Å²) in [5, 5.41) is 21.1. The fourth-order valence-corrected chi connectivity index (χ4v) is 12.1. The molecule has 5 aliphatic carbocycles. The van der Waals surface area contributed by atoms with Crippen LogP contribution in [0.5, 0.6) is 11.5 Å².